The van der Waals surface area contributed by atoms with Crippen LogP contribution in [0.15, 0.2) is 30.3 Å². The summed E-state index contributed by atoms with van der Waals surface area (Å²) in [5, 5.41) is 20.7. The summed E-state index contributed by atoms with van der Waals surface area (Å²) in [6, 6.07) is 9.82. The maximum Gasteiger partial charge on any atom is 0.332 e. The summed E-state index contributed by atoms with van der Waals surface area (Å²) in [4.78, 5) is 10.3. The van der Waals surface area contributed by atoms with E-state index < -0.39 is 12.1 Å². The fraction of sp³-hybridized carbons (Fsp3) is 0.417. The Bertz CT molecular complexity index is 313. The summed E-state index contributed by atoms with van der Waals surface area (Å²) < 4.78 is 0. The number of aliphatic hydroxyl groups is 1. The maximum absolute atomic E-state index is 10.3. The number of unbranched alkanes of at least 4 members (excludes halogenated alkanes) is 1. The number of aliphatic carboxylic acids is 1. The zero-order valence-electron chi connectivity index (χ0n) is 9.10. The van der Waals surface area contributed by atoms with E-state index in [9.17, 15) is 4.79 Å². The predicted molar refractivity (Wildman–Crippen MR) is 62.4 cm³/mol. The van der Waals surface area contributed by atoms with Gasteiger partial charge in [0, 0.05) is 12.2 Å². The largest absolute Gasteiger partial charge is 0.479 e. The van der Waals surface area contributed by atoms with Crippen LogP contribution in [0.1, 0.15) is 19.3 Å². The van der Waals surface area contributed by atoms with Gasteiger partial charge in [-0.15, -0.1) is 0 Å². The summed E-state index contributed by atoms with van der Waals surface area (Å²) >= 11 is 0. The highest BCUT2D eigenvalue weighted by molar-refractivity contribution is 5.71. The van der Waals surface area contributed by atoms with Gasteiger partial charge in [-0.05, 0) is 31.4 Å². The molecule has 3 N–H and O–H groups in total. The lowest BCUT2D eigenvalue weighted by atomic mass is 10.1. The molecular formula is C12H17NO3. The molecule has 88 valence electrons. The number of anilines is 1. The van der Waals surface area contributed by atoms with Gasteiger partial charge in [-0.3, -0.25) is 0 Å². The lowest BCUT2D eigenvalue weighted by Gasteiger charge is -2.07. The van der Waals surface area contributed by atoms with Crippen molar-refractivity contribution in [1.82, 2.24) is 0 Å². The minimum Gasteiger partial charge on any atom is -0.479 e. The molecule has 0 spiro atoms. The van der Waals surface area contributed by atoms with E-state index in [4.69, 9.17) is 10.2 Å². The maximum atomic E-state index is 10.3. The van der Waals surface area contributed by atoms with Crippen molar-refractivity contribution >= 4 is 11.7 Å². The third-order valence-corrected chi connectivity index (χ3v) is 2.29. The molecule has 1 aromatic carbocycles. The van der Waals surface area contributed by atoms with Gasteiger partial charge in [0.1, 0.15) is 0 Å². The van der Waals surface area contributed by atoms with E-state index in [0.717, 1.165) is 18.7 Å². The van der Waals surface area contributed by atoms with Crippen molar-refractivity contribution in [2.45, 2.75) is 25.4 Å². The van der Waals surface area contributed by atoms with Crippen LogP contribution in [0.5, 0.6) is 0 Å². The van der Waals surface area contributed by atoms with Crippen LogP contribution in [0.25, 0.3) is 0 Å². The molecule has 0 fully saturated rings. The second-order valence-corrected chi connectivity index (χ2v) is 3.64. The van der Waals surface area contributed by atoms with E-state index in [1.165, 1.54) is 0 Å². The van der Waals surface area contributed by atoms with Gasteiger partial charge in [-0.25, -0.2) is 4.79 Å². The molecule has 0 aromatic heterocycles. The molecule has 1 aromatic rings. The molecule has 0 amide bonds. The molecule has 4 nitrogen and oxygen atoms in total. The zero-order valence-corrected chi connectivity index (χ0v) is 9.10. The number of hydrogen-bond donors (Lipinski definition) is 3. The Morgan fingerprint density at radius 1 is 1.25 bits per heavy atom. The first-order valence-electron chi connectivity index (χ1n) is 5.40. The molecule has 0 aliphatic rings. The monoisotopic (exact) mass is 223 g/mol. The molecule has 1 rings (SSSR count). The van der Waals surface area contributed by atoms with Gasteiger partial charge in [0.2, 0.25) is 0 Å². The van der Waals surface area contributed by atoms with Gasteiger partial charge in [0.15, 0.2) is 6.10 Å². The number of carboxylic acids is 1. The SMILES string of the molecule is O=C(O)C(O)CCCCNc1ccccc1. The summed E-state index contributed by atoms with van der Waals surface area (Å²) in [5.74, 6) is -1.14. The molecule has 0 aliphatic carbocycles. The predicted octanol–water partition coefficient (Wildman–Crippen LogP) is 1.71. The molecule has 0 aliphatic heterocycles. The molecule has 0 saturated heterocycles. The molecule has 0 radical (unpaired) electrons. The first kappa shape index (κ1) is 12.5. The lowest BCUT2D eigenvalue weighted by Crippen LogP contribution is -2.19. The second-order valence-electron chi connectivity index (χ2n) is 3.64. The van der Waals surface area contributed by atoms with Crippen LogP contribution < -0.4 is 5.32 Å². The highest BCUT2D eigenvalue weighted by atomic mass is 16.4. The van der Waals surface area contributed by atoms with Crippen LogP contribution in [0.4, 0.5) is 5.69 Å². The smallest absolute Gasteiger partial charge is 0.332 e. The van der Waals surface area contributed by atoms with Crippen LogP contribution in [-0.4, -0.2) is 28.8 Å². The minimum atomic E-state index is -1.23. The Morgan fingerprint density at radius 2 is 1.94 bits per heavy atom. The highest BCUT2D eigenvalue weighted by Gasteiger charge is 2.11. The molecular weight excluding hydrogens is 206 g/mol. The van der Waals surface area contributed by atoms with Crippen LogP contribution in [0, 0.1) is 0 Å². The van der Waals surface area contributed by atoms with E-state index in [0.29, 0.717) is 12.8 Å². The number of hydrogen-bond acceptors (Lipinski definition) is 3. The zero-order chi connectivity index (χ0) is 11.8. The number of carbonyl (C=O) groups is 1. The molecule has 16 heavy (non-hydrogen) atoms. The molecule has 0 bridgehead atoms. The fourth-order valence-electron chi connectivity index (χ4n) is 1.37. The first-order chi connectivity index (χ1) is 7.70. The van der Waals surface area contributed by atoms with Crippen molar-refractivity contribution in [2.24, 2.45) is 0 Å². The number of nitrogens with one attached hydrogen (secondary N) is 1. The Hall–Kier alpha value is -1.55. The van der Waals surface area contributed by atoms with Gasteiger partial charge in [-0.2, -0.15) is 0 Å². The standard InChI is InChI=1S/C12H17NO3/c14-11(12(15)16)8-4-5-9-13-10-6-2-1-3-7-10/h1-3,6-7,11,13-14H,4-5,8-9H2,(H,15,16). The normalized spacial score (nSPS) is 12.1. The Balaban J connectivity index is 2.07. The lowest BCUT2D eigenvalue weighted by molar-refractivity contribution is -0.146. The highest BCUT2D eigenvalue weighted by Crippen LogP contribution is 2.06. The van der Waals surface area contributed by atoms with Crippen molar-refractivity contribution in [3.63, 3.8) is 0 Å². The third kappa shape index (κ3) is 4.79. The minimum absolute atomic E-state index is 0.311. The van der Waals surface area contributed by atoms with Crippen molar-refractivity contribution in [2.75, 3.05) is 11.9 Å². The summed E-state index contributed by atoms with van der Waals surface area (Å²) in [6.07, 6.45) is 0.634. The van der Waals surface area contributed by atoms with Crippen LogP contribution in [0.3, 0.4) is 0 Å². The van der Waals surface area contributed by atoms with E-state index in [2.05, 4.69) is 5.32 Å². The van der Waals surface area contributed by atoms with Crippen molar-refractivity contribution < 1.29 is 15.0 Å². The molecule has 4 heteroatoms. The summed E-state index contributed by atoms with van der Waals surface area (Å²) in [5.41, 5.74) is 1.06. The Kier molecular flexibility index (Phi) is 5.36. The molecule has 1 atom stereocenters. The third-order valence-electron chi connectivity index (χ3n) is 2.29. The van der Waals surface area contributed by atoms with Gasteiger partial charge in [-0.1, -0.05) is 18.2 Å². The summed E-state index contributed by atoms with van der Waals surface area (Å²) in [7, 11) is 0. The van der Waals surface area contributed by atoms with Crippen molar-refractivity contribution in [3.05, 3.63) is 30.3 Å². The number of benzene rings is 1. The van der Waals surface area contributed by atoms with Crippen LogP contribution in [0.2, 0.25) is 0 Å². The molecule has 1 unspecified atom stereocenters. The average Bonchev–Trinajstić information content (AvgIpc) is 2.29. The number of carboxylic acid groups (broad SMARTS) is 1. The molecule has 0 saturated carbocycles. The Labute approximate surface area is 94.9 Å². The van der Waals surface area contributed by atoms with E-state index in [-0.39, 0.29) is 0 Å². The van der Waals surface area contributed by atoms with Crippen molar-refractivity contribution in [1.29, 1.82) is 0 Å². The van der Waals surface area contributed by atoms with Crippen LogP contribution in [-0.2, 0) is 4.79 Å². The average molecular weight is 223 g/mol. The van der Waals surface area contributed by atoms with E-state index in [1.54, 1.807) is 0 Å². The second kappa shape index (κ2) is 6.85. The number of aliphatic hydroxyl groups excluding tert-OH is 1. The Morgan fingerprint density at radius 3 is 2.56 bits per heavy atom. The van der Waals surface area contributed by atoms with Crippen molar-refractivity contribution in [3.8, 4) is 0 Å². The van der Waals surface area contributed by atoms with Crippen LogP contribution >= 0.6 is 0 Å². The fourth-order valence-corrected chi connectivity index (χ4v) is 1.37. The number of para-hydroxylation sites is 1. The van der Waals surface area contributed by atoms with Gasteiger partial charge >= 0.3 is 5.97 Å². The van der Waals surface area contributed by atoms with Gasteiger partial charge in [0.05, 0.1) is 0 Å². The molecule has 0 heterocycles. The van der Waals surface area contributed by atoms with Gasteiger partial charge < -0.3 is 15.5 Å². The van der Waals surface area contributed by atoms with E-state index >= 15 is 0 Å². The van der Waals surface area contributed by atoms with E-state index in [1.807, 2.05) is 30.3 Å². The number of rotatable bonds is 7. The quantitative estimate of drug-likeness (QED) is 0.615. The first-order valence-corrected chi connectivity index (χ1v) is 5.40. The summed E-state index contributed by atoms with van der Waals surface area (Å²) in [6.45, 7) is 0.788. The van der Waals surface area contributed by atoms with Gasteiger partial charge in [0.25, 0.3) is 0 Å². The topological polar surface area (TPSA) is 69.6 Å².